The van der Waals surface area contributed by atoms with Gasteiger partial charge in [-0.05, 0) is 39.0 Å². The number of esters is 1. The first-order valence-electron chi connectivity index (χ1n) is 11.3. The zero-order valence-corrected chi connectivity index (χ0v) is 21.3. The second kappa shape index (κ2) is 11.3. The highest BCUT2D eigenvalue weighted by Gasteiger charge is 2.48. The average Bonchev–Trinajstić information content (AvgIpc) is 3.11. The van der Waals surface area contributed by atoms with Gasteiger partial charge in [0.15, 0.2) is 0 Å². The number of anilines is 1. The Hall–Kier alpha value is -3.08. The maximum Gasteiger partial charge on any atom is 0.421 e. The maximum absolute atomic E-state index is 15.6. The molecule has 0 amide bonds. The van der Waals surface area contributed by atoms with E-state index in [1.807, 2.05) is 0 Å². The van der Waals surface area contributed by atoms with E-state index in [4.69, 9.17) is 24.3 Å². The molecular formula is C23H30FN4O7P. The monoisotopic (exact) mass is 524 g/mol. The van der Waals surface area contributed by atoms with E-state index in [0.717, 1.165) is 10.5 Å². The normalized spacial score (nSPS) is 24.5. The molecule has 0 bridgehead atoms. The summed E-state index contributed by atoms with van der Waals surface area (Å²) in [5, 5.41) is 0. The fourth-order valence-corrected chi connectivity index (χ4v) is 4.80. The van der Waals surface area contributed by atoms with Crippen molar-refractivity contribution in [3.8, 4) is 5.75 Å². The topological polar surface area (TPSA) is 144 Å². The molecule has 1 aromatic heterocycles. The number of carbonyl (C=O) groups excluding carboxylic acids is 1. The minimum Gasteiger partial charge on any atom is -0.461 e. The number of nitrogens with two attached hydrogens (primary N) is 1. The van der Waals surface area contributed by atoms with E-state index in [1.165, 1.54) is 31.3 Å². The van der Waals surface area contributed by atoms with E-state index in [0.29, 0.717) is 0 Å². The third kappa shape index (κ3) is 7.22. The summed E-state index contributed by atoms with van der Waals surface area (Å²) in [5.74, 6) is -2.39. The summed E-state index contributed by atoms with van der Waals surface area (Å²) in [4.78, 5) is 31.9. The largest absolute Gasteiger partial charge is 0.461 e. The van der Waals surface area contributed by atoms with Crippen LogP contribution in [-0.4, -0.2) is 46.1 Å². The van der Waals surface area contributed by atoms with Crippen LogP contribution in [0.25, 0.3) is 0 Å². The predicted octanol–water partition coefficient (Wildman–Crippen LogP) is 3.70. The van der Waals surface area contributed by atoms with Gasteiger partial charge in [-0.2, -0.15) is 4.98 Å². The summed E-state index contributed by atoms with van der Waals surface area (Å²) >= 11 is 0. The van der Waals surface area contributed by atoms with Gasteiger partial charge in [-0.1, -0.05) is 25.1 Å². The minimum absolute atomic E-state index is 0.0292. The minimum atomic E-state index is -4.21. The van der Waals surface area contributed by atoms with E-state index in [2.05, 4.69) is 9.98 Å². The number of aliphatic imine (C=N–C) groups is 1. The van der Waals surface area contributed by atoms with Gasteiger partial charge in [0.1, 0.15) is 36.4 Å². The molecule has 2 heterocycles. The van der Waals surface area contributed by atoms with Crippen molar-refractivity contribution in [3.63, 3.8) is 0 Å². The number of para-hydroxylation sites is 1. The van der Waals surface area contributed by atoms with Crippen LogP contribution in [0.15, 0.2) is 52.4 Å². The molecule has 0 saturated carbocycles. The molecule has 196 valence electrons. The molecule has 5 atom stereocenters. The van der Waals surface area contributed by atoms with Gasteiger partial charge < -0.3 is 19.7 Å². The van der Waals surface area contributed by atoms with Crippen LogP contribution in [0, 0.1) is 5.92 Å². The highest BCUT2D eigenvalue weighted by atomic mass is 31.2. The van der Waals surface area contributed by atoms with Crippen molar-refractivity contribution in [2.24, 2.45) is 10.9 Å². The van der Waals surface area contributed by atoms with Gasteiger partial charge in [0.25, 0.3) is 0 Å². The van der Waals surface area contributed by atoms with Crippen LogP contribution >= 0.6 is 7.60 Å². The van der Waals surface area contributed by atoms with Gasteiger partial charge in [-0.25, -0.2) is 18.5 Å². The first-order chi connectivity index (χ1) is 16.9. The van der Waals surface area contributed by atoms with Crippen molar-refractivity contribution < 1.29 is 32.3 Å². The van der Waals surface area contributed by atoms with E-state index < -0.39 is 49.9 Å². The second-order valence-corrected chi connectivity index (χ2v) is 10.5. The third-order valence-corrected chi connectivity index (χ3v) is 6.50. The number of halogens is 1. The number of ether oxygens (including phenoxy) is 2. The number of nitrogen functional groups attached to an aromatic ring is 1. The highest BCUT2D eigenvalue weighted by Crippen LogP contribution is 2.49. The molecule has 2 N–H and O–H groups in total. The van der Waals surface area contributed by atoms with Crippen LogP contribution in [0.3, 0.4) is 0 Å². The second-order valence-electron chi connectivity index (χ2n) is 8.76. The SMILES string of the molecule is CC(C)OC(=O)[C@H](C)N=C[P@](=O)(OC[C@]1(F)C[C@H](C)[C@H](n2ccc(N)nc2=O)O1)Oc1ccccc1. The lowest BCUT2D eigenvalue weighted by Gasteiger charge is -2.23. The fourth-order valence-electron chi connectivity index (χ4n) is 3.48. The number of benzene rings is 1. The van der Waals surface area contributed by atoms with Crippen molar-refractivity contribution in [1.82, 2.24) is 9.55 Å². The van der Waals surface area contributed by atoms with Gasteiger partial charge in [0.05, 0.1) is 6.10 Å². The Balaban J connectivity index is 1.77. The zero-order valence-electron chi connectivity index (χ0n) is 20.4. The van der Waals surface area contributed by atoms with Crippen LogP contribution in [0.4, 0.5) is 10.2 Å². The molecule has 1 aliphatic rings. The van der Waals surface area contributed by atoms with Crippen LogP contribution < -0.4 is 15.9 Å². The first kappa shape index (κ1) is 27.5. The number of alkyl halides is 1. The molecule has 0 radical (unpaired) electrons. The van der Waals surface area contributed by atoms with Crippen LogP contribution in [0.2, 0.25) is 0 Å². The van der Waals surface area contributed by atoms with Crippen LogP contribution in [0.5, 0.6) is 5.75 Å². The number of hydrogen-bond donors (Lipinski definition) is 1. The molecule has 1 saturated heterocycles. The first-order valence-corrected chi connectivity index (χ1v) is 13.0. The number of hydrogen-bond acceptors (Lipinski definition) is 10. The lowest BCUT2D eigenvalue weighted by atomic mass is 10.1. The molecular weight excluding hydrogens is 494 g/mol. The molecule has 1 aromatic carbocycles. The number of rotatable bonds is 10. The quantitative estimate of drug-likeness (QED) is 0.279. The Morgan fingerprint density at radius 2 is 2.06 bits per heavy atom. The van der Waals surface area contributed by atoms with Gasteiger partial charge in [-0.3, -0.25) is 14.1 Å². The summed E-state index contributed by atoms with van der Waals surface area (Å²) in [6, 6.07) is 8.51. The highest BCUT2D eigenvalue weighted by molar-refractivity contribution is 7.70. The number of nitrogens with zero attached hydrogens (tertiary/aromatic N) is 3. The average molecular weight is 524 g/mol. The smallest absolute Gasteiger partial charge is 0.421 e. The molecule has 13 heteroatoms. The van der Waals surface area contributed by atoms with E-state index in [-0.39, 0.29) is 24.1 Å². The molecule has 0 spiro atoms. The summed E-state index contributed by atoms with van der Waals surface area (Å²) in [6.45, 7) is 5.73. The van der Waals surface area contributed by atoms with Gasteiger partial charge in [0.2, 0.25) is 5.85 Å². The van der Waals surface area contributed by atoms with Crippen molar-refractivity contribution in [1.29, 1.82) is 0 Å². The van der Waals surface area contributed by atoms with Gasteiger partial charge >= 0.3 is 19.3 Å². The Labute approximate surface area is 208 Å². The Bertz CT molecular complexity index is 1190. The molecule has 0 unspecified atom stereocenters. The summed E-state index contributed by atoms with van der Waals surface area (Å²) in [5.41, 5.74) is 4.83. The Morgan fingerprint density at radius 1 is 1.36 bits per heavy atom. The van der Waals surface area contributed by atoms with Crippen LogP contribution in [-0.2, 0) is 23.4 Å². The third-order valence-electron chi connectivity index (χ3n) is 5.13. The van der Waals surface area contributed by atoms with Gasteiger partial charge in [0, 0.05) is 18.5 Å². The molecule has 11 nitrogen and oxygen atoms in total. The van der Waals surface area contributed by atoms with Crippen molar-refractivity contribution in [2.75, 3.05) is 12.3 Å². The molecule has 36 heavy (non-hydrogen) atoms. The van der Waals surface area contributed by atoms with Crippen molar-refractivity contribution >= 4 is 25.3 Å². The molecule has 2 aromatic rings. The fraction of sp³-hybridized carbons (Fsp3) is 0.478. The van der Waals surface area contributed by atoms with Gasteiger partial charge in [-0.15, -0.1) is 0 Å². The summed E-state index contributed by atoms with van der Waals surface area (Å²) in [6.07, 6.45) is -0.128. The summed E-state index contributed by atoms with van der Waals surface area (Å²) < 4.78 is 51.8. The summed E-state index contributed by atoms with van der Waals surface area (Å²) in [7, 11) is -4.21. The maximum atomic E-state index is 15.6. The van der Waals surface area contributed by atoms with Crippen LogP contribution in [0.1, 0.15) is 40.3 Å². The zero-order chi connectivity index (χ0) is 26.5. The lowest BCUT2D eigenvalue weighted by Crippen LogP contribution is -2.32. The molecule has 0 aliphatic carbocycles. The molecule has 1 aliphatic heterocycles. The van der Waals surface area contributed by atoms with E-state index >= 15 is 4.39 Å². The number of aromatic nitrogens is 2. The Morgan fingerprint density at radius 3 is 2.69 bits per heavy atom. The standard InChI is InChI=1S/C23H30FN4O7P/c1-15(2)33-21(29)17(4)26-14-36(31,35-18-8-6-5-7-9-18)32-13-23(24)12-16(3)20(34-23)28-11-10-19(25)27-22(28)30/h5-11,14-17,20H,12-13H2,1-4H3,(H2,25,27,30)/t16-,17-,20+,23-,36-/m0/s1. The number of carbonyl (C=O) groups is 1. The molecule has 1 fully saturated rings. The predicted molar refractivity (Wildman–Crippen MR) is 130 cm³/mol. The van der Waals surface area contributed by atoms with E-state index in [1.54, 1.807) is 39.0 Å². The lowest BCUT2D eigenvalue weighted by molar-refractivity contribution is -0.174. The molecule has 3 rings (SSSR count). The van der Waals surface area contributed by atoms with Crippen molar-refractivity contribution in [2.45, 2.75) is 58.3 Å². The Kier molecular flexibility index (Phi) is 8.65. The van der Waals surface area contributed by atoms with E-state index in [9.17, 15) is 14.2 Å². The van der Waals surface area contributed by atoms with Crippen molar-refractivity contribution in [3.05, 3.63) is 53.1 Å².